The Labute approximate surface area is 109 Å². The first-order chi connectivity index (χ1) is 8.36. The van der Waals surface area contributed by atoms with Gasteiger partial charge in [-0.25, -0.2) is 12.8 Å². The highest BCUT2D eigenvalue weighted by Gasteiger charge is 2.13. The van der Waals surface area contributed by atoms with Crippen LogP contribution in [-0.4, -0.2) is 8.42 Å². The van der Waals surface area contributed by atoms with Crippen molar-refractivity contribution < 1.29 is 12.8 Å². The molecule has 94 valence electrons. The van der Waals surface area contributed by atoms with Gasteiger partial charge < -0.3 is 0 Å². The summed E-state index contributed by atoms with van der Waals surface area (Å²) in [7, 11) is 1.29. The molecule has 0 bridgehead atoms. The molecule has 2 aromatic carbocycles. The van der Waals surface area contributed by atoms with Gasteiger partial charge in [-0.05, 0) is 36.2 Å². The maximum Gasteiger partial charge on any atom is 0.261 e. The standard InChI is InChI=1S/C13H10ClFO2S/c1-9-3-2-4-10(5-9)11-6-12(15)8-13(7-11)18(14,16)17/h2-8H,1H3. The summed E-state index contributed by atoms with van der Waals surface area (Å²) in [6.45, 7) is 1.90. The molecule has 0 radical (unpaired) electrons. The first-order valence-corrected chi connectivity index (χ1v) is 7.49. The molecule has 0 aromatic heterocycles. The van der Waals surface area contributed by atoms with Gasteiger partial charge in [-0.1, -0.05) is 29.8 Å². The average molecular weight is 285 g/mol. The Morgan fingerprint density at radius 2 is 1.78 bits per heavy atom. The molecule has 0 amide bonds. The summed E-state index contributed by atoms with van der Waals surface area (Å²) < 4.78 is 35.9. The molecule has 0 saturated heterocycles. The smallest absolute Gasteiger partial charge is 0.207 e. The van der Waals surface area contributed by atoms with E-state index in [2.05, 4.69) is 0 Å². The summed E-state index contributed by atoms with van der Waals surface area (Å²) in [5.41, 5.74) is 2.24. The number of rotatable bonds is 2. The molecule has 0 atom stereocenters. The van der Waals surface area contributed by atoms with E-state index in [1.54, 1.807) is 6.07 Å². The molecule has 2 rings (SSSR count). The van der Waals surface area contributed by atoms with Gasteiger partial charge in [-0.3, -0.25) is 0 Å². The minimum absolute atomic E-state index is 0.235. The molecule has 0 fully saturated rings. The van der Waals surface area contributed by atoms with Crippen molar-refractivity contribution in [1.82, 2.24) is 0 Å². The van der Waals surface area contributed by atoms with Crippen LogP contribution in [0.3, 0.4) is 0 Å². The second-order valence-electron chi connectivity index (χ2n) is 3.98. The summed E-state index contributed by atoms with van der Waals surface area (Å²) >= 11 is 0. The van der Waals surface area contributed by atoms with E-state index in [1.165, 1.54) is 12.1 Å². The first-order valence-electron chi connectivity index (χ1n) is 5.18. The maximum absolute atomic E-state index is 13.4. The third kappa shape index (κ3) is 2.89. The molecule has 0 spiro atoms. The quantitative estimate of drug-likeness (QED) is 0.788. The lowest BCUT2D eigenvalue weighted by Crippen LogP contribution is -1.93. The lowest BCUT2D eigenvalue weighted by atomic mass is 10.0. The molecule has 2 nitrogen and oxygen atoms in total. The molecule has 0 heterocycles. The largest absolute Gasteiger partial charge is 0.261 e. The zero-order valence-corrected chi connectivity index (χ0v) is 11.1. The Kier molecular flexibility index (Phi) is 3.41. The van der Waals surface area contributed by atoms with Gasteiger partial charge in [0.25, 0.3) is 9.05 Å². The highest BCUT2D eigenvalue weighted by atomic mass is 35.7. The Morgan fingerprint density at radius 1 is 1.06 bits per heavy atom. The van der Waals surface area contributed by atoms with Crippen LogP contribution in [0.5, 0.6) is 0 Å². The summed E-state index contributed by atoms with van der Waals surface area (Å²) in [5.74, 6) is -0.631. The first kappa shape index (κ1) is 13.1. The SMILES string of the molecule is Cc1cccc(-c2cc(F)cc(S(=O)(=O)Cl)c2)c1. The number of hydrogen-bond acceptors (Lipinski definition) is 2. The van der Waals surface area contributed by atoms with Crippen LogP contribution in [0, 0.1) is 12.7 Å². The zero-order valence-electron chi connectivity index (χ0n) is 9.52. The van der Waals surface area contributed by atoms with Gasteiger partial charge in [0, 0.05) is 10.7 Å². The number of halogens is 2. The fourth-order valence-electron chi connectivity index (χ4n) is 1.69. The molecule has 0 N–H and O–H groups in total. The van der Waals surface area contributed by atoms with E-state index in [9.17, 15) is 12.8 Å². The van der Waals surface area contributed by atoms with Crippen LogP contribution in [0.15, 0.2) is 47.4 Å². The van der Waals surface area contributed by atoms with E-state index in [4.69, 9.17) is 10.7 Å². The maximum atomic E-state index is 13.4. The lowest BCUT2D eigenvalue weighted by molar-refractivity contribution is 0.602. The number of hydrogen-bond donors (Lipinski definition) is 0. The Hall–Kier alpha value is -1.39. The summed E-state index contributed by atoms with van der Waals surface area (Å²) in [5, 5.41) is 0. The highest BCUT2D eigenvalue weighted by Crippen LogP contribution is 2.26. The predicted octanol–water partition coefficient (Wildman–Crippen LogP) is 3.73. The van der Waals surface area contributed by atoms with Crippen molar-refractivity contribution in [2.75, 3.05) is 0 Å². The predicted molar refractivity (Wildman–Crippen MR) is 69.6 cm³/mol. The second kappa shape index (κ2) is 4.71. The molecule has 18 heavy (non-hydrogen) atoms. The highest BCUT2D eigenvalue weighted by molar-refractivity contribution is 8.13. The van der Waals surface area contributed by atoms with E-state index < -0.39 is 14.9 Å². The van der Waals surface area contributed by atoms with Crippen molar-refractivity contribution in [2.45, 2.75) is 11.8 Å². The van der Waals surface area contributed by atoms with Gasteiger partial charge in [0.2, 0.25) is 0 Å². The van der Waals surface area contributed by atoms with Gasteiger partial charge in [-0.15, -0.1) is 0 Å². The van der Waals surface area contributed by atoms with Crippen molar-refractivity contribution >= 4 is 19.7 Å². The van der Waals surface area contributed by atoms with Gasteiger partial charge in [0.15, 0.2) is 0 Å². The minimum Gasteiger partial charge on any atom is -0.207 e. The molecule has 0 saturated carbocycles. The molecular weight excluding hydrogens is 275 g/mol. The fourth-order valence-corrected chi connectivity index (χ4v) is 2.48. The van der Waals surface area contributed by atoms with Crippen LogP contribution >= 0.6 is 10.7 Å². The Morgan fingerprint density at radius 3 is 2.39 bits per heavy atom. The normalized spacial score (nSPS) is 11.5. The summed E-state index contributed by atoms with van der Waals surface area (Å²) in [6.07, 6.45) is 0. The van der Waals surface area contributed by atoms with Gasteiger partial charge >= 0.3 is 0 Å². The van der Waals surface area contributed by atoms with Crippen LogP contribution in [0.4, 0.5) is 4.39 Å². The van der Waals surface area contributed by atoms with Crippen molar-refractivity contribution in [3.63, 3.8) is 0 Å². The monoisotopic (exact) mass is 284 g/mol. The second-order valence-corrected chi connectivity index (χ2v) is 6.55. The third-order valence-corrected chi connectivity index (χ3v) is 3.84. The molecule has 0 aliphatic heterocycles. The van der Waals surface area contributed by atoms with Gasteiger partial charge in [-0.2, -0.15) is 0 Å². The molecule has 0 aliphatic carbocycles. The number of aryl methyl sites for hydroxylation is 1. The third-order valence-electron chi connectivity index (χ3n) is 2.50. The summed E-state index contributed by atoms with van der Waals surface area (Å²) in [6, 6.07) is 10.9. The van der Waals surface area contributed by atoms with Crippen LogP contribution in [0.25, 0.3) is 11.1 Å². The van der Waals surface area contributed by atoms with Crippen LogP contribution in [0.2, 0.25) is 0 Å². The van der Waals surface area contributed by atoms with Gasteiger partial charge in [0.1, 0.15) is 5.82 Å². The molecular formula is C13H10ClFO2S. The van der Waals surface area contributed by atoms with Gasteiger partial charge in [0.05, 0.1) is 4.90 Å². The fraction of sp³-hybridized carbons (Fsp3) is 0.0769. The Bertz CT molecular complexity index is 696. The minimum atomic E-state index is -3.93. The van der Waals surface area contributed by atoms with E-state index >= 15 is 0 Å². The molecule has 5 heteroatoms. The van der Waals surface area contributed by atoms with Crippen molar-refractivity contribution in [3.8, 4) is 11.1 Å². The van der Waals surface area contributed by atoms with E-state index in [0.717, 1.165) is 17.2 Å². The van der Waals surface area contributed by atoms with Crippen LogP contribution in [-0.2, 0) is 9.05 Å². The molecule has 0 unspecified atom stereocenters. The Balaban J connectivity index is 2.63. The molecule has 0 aliphatic rings. The van der Waals surface area contributed by atoms with Crippen molar-refractivity contribution in [1.29, 1.82) is 0 Å². The van der Waals surface area contributed by atoms with E-state index in [0.29, 0.717) is 5.56 Å². The average Bonchev–Trinajstić information content (AvgIpc) is 2.27. The van der Waals surface area contributed by atoms with Crippen molar-refractivity contribution in [3.05, 3.63) is 53.8 Å². The zero-order chi connectivity index (χ0) is 13.3. The van der Waals surface area contributed by atoms with Crippen LogP contribution < -0.4 is 0 Å². The number of benzene rings is 2. The lowest BCUT2D eigenvalue weighted by Gasteiger charge is -2.05. The van der Waals surface area contributed by atoms with E-state index in [-0.39, 0.29) is 4.90 Å². The topological polar surface area (TPSA) is 34.1 Å². The van der Waals surface area contributed by atoms with E-state index in [1.807, 2.05) is 25.1 Å². The summed E-state index contributed by atoms with van der Waals surface area (Å²) in [4.78, 5) is -0.235. The molecule has 2 aromatic rings. The van der Waals surface area contributed by atoms with Crippen LogP contribution in [0.1, 0.15) is 5.56 Å². The van der Waals surface area contributed by atoms with Crippen molar-refractivity contribution in [2.24, 2.45) is 0 Å².